The van der Waals surface area contributed by atoms with Gasteiger partial charge in [-0.2, -0.15) is 9.90 Å². The molecule has 1 atom stereocenters. The summed E-state index contributed by atoms with van der Waals surface area (Å²) in [4.78, 5) is 18.0. The highest BCUT2D eigenvalue weighted by Crippen LogP contribution is 2.18. The number of nitrogens with one attached hydrogen (secondary N) is 1. The summed E-state index contributed by atoms with van der Waals surface area (Å²) >= 11 is 5.92. The number of carbonyl (C=O) groups is 1. The van der Waals surface area contributed by atoms with Crippen LogP contribution in [0.3, 0.4) is 0 Å². The molecule has 0 aliphatic rings. The van der Waals surface area contributed by atoms with E-state index < -0.39 is 6.04 Å². The molecule has 0 aliphatic carbocycles. The second-order valence-electron chi connectivity index (χ2n) is 6.99. The van der Waals surface area contributed by atoms with Gasteiger partial charge in [0.1, 0.15) is 12.7 Å². The zero-order chi connectivity index (χ0) is 21.6. The van der Waals surface area contributed by atoms with E-state index in [2.05, 4.69) is 30.8 Å². The van der Waals surface area contributed by atoms with Crippen molar-refractivity contribution in [3.05, 3.63) is 77.3 Å². The first kappa shape index (κ1) is 20.7. The molecule has 2 aromatic carbocycles. The number of rotatable bonds is 8. The number of halogens is 1. The summed E-state index contributed by atoms with van der Waals surface area (Å²) in [5, 5.41) is 20.2. The van der Waals surface area contributed by atoms with E-state index in [1.807, 2.05) is 43.3 Å². The van der Waals surface area contributed by atoms with Crippen LogP contribution in [0.5, 0.6) is 0 Å². The van der Waals surface area contributed by atoms with Crippen molar-refractivity contribution in [3.8, 4) is 11.4 Å². The smallest absolute Gasteiger partial charge is 0.247 e. The van der Waals surface area contributed by atoms with Crippen LogP contribution in [0.1, 0.15) is 30.5 Å². The summed E-state index contributed by atoms with van der Waals surface area (Å²) < 4.78 is 1.76. The van der Waals surface area contributed by atoms with Gasteiger partial charge in [0.2, 0.25) is 11.7 Å². The standard InChI is InChI=1S/C21H21ClN8O/c1-2-19(30-27-20(26-28-30)17-7-9-18(22)10-8-17)21(31)24-11-15-3-5-16(6-4-15)12-29-14-23-13-25-29/h3-10,13-14,19H,2,11-12H2,1H3,(H,24,31). The normalized spacial score (nSPS) is 11.9. The first-order valence-corrected chi connectivity index (χ1v) is 10.2. The lowest BCUT2D eigenvalue weighted by atomic mass is 10.1. The van der Waals surface area contributed by atoms with Crippen molar-refractivity contribution in [1.29, 1.82) is 0 Å². The Morgan fingerprint density at radius 3 is 2.52 bits per heavy atom. The van der Waals surface area contributed by atoms with Gasteiger partial charge in [-0.15, -0.1) is 10.2 Å². The molecular weight excluding hydrogens is 416 g/mol. The van der Waals surface area contributed by atoms with Crippen LogP contribution in [-0.2, 0) is 17.9 Å². The third-order valence-electron chi connectivity index (χ3n) is 4.80. The highest BCUT2D eigenvalue weighted by Gasteiger charge is 2.21. The highest BCUT2D eigenvalue weighted by molar-refractivity contribution is 6.30. The first-order chi connectivity index (χ1) is 15.1. The molecular formula is C21H21ClN8O. The van der Waals surface area contributed by atoms with Gasteiger partial charge in [0.15, 0.2) is 6.04 Å². The molecule has 10 heteroatoms. The number of amides is 1. The zero-order valence-electron chi connectivity index (χ0n) is 16.9. The van der Waals surface area contributed by atoms with E-state index in [1.54, 1.807) is 23.1 Å². The van der Waals surface area contributed by atoms with E-state index >= 15 is 0 Å². The van der Waals surface area contributed by atoms with Crippen LogP contribution in [0.15, 0.2) is 61.2 Å². The molecule has 2 aromatic heterocycles. The second kappa shape index (κ2) is 9.48. The Kier molecular flexibility index (Phi) is 6.32. The molecule has 1 amide bonds. The van der Waals surface area contributed by atoms with Crippen LogP contribution in [0.4, 0.5) is 0 Å². The maximum absolute atomic E-state index is 12.7. The maximum Gasteiger partial charge on any atom is 0.247 e. The van der Waals surface area contributed by atoms with Crippen molar-refractivity contribution in [3.63, 3.8) is 0 Å². The van der Waals surface area contributed by atoms with Crippen molar-refractivity contribution >= 4 is 17.5 Å². The fraction of sp³-hybridized carbons (Fsp3) is 0.238. The predicted octanol–water partition coefficient (Wildman–Crippen LogP) is 2.90. The number of benzene rings is 2. The lowest BCUT2D eigenvalue weighted by Crippen LogP contribution is -2.33. The number of hydrogen-bond acceptors (Lipinski definition) is 6. The summed E-state index contributed by atoms with van der Waals surface area (Å²) in [6.07, 6.45) is 3.73. The van der Waals surface area contributed by atoms with Gasteiger partial charge in [-0.05, 0) is 47.0 Å². The van der Waals surface area contributed by atoms with E-state index in [0.717, 1.165) is 16.7 Å². The average molecular weight is 437 g/mol. The van der Waals surface area contributed by atoms with Crippen molar-refractivity contribution in [2.75, 3.05) is 0 Å². The van der Waals surface area contributed by atoms with Crippen LogP contribution >= 0.6 is 11.6 Å². The summed E-state index contributed by atoms with van der Waals surface area (Å²) in [7, 11) is 0. The minimum Gasteiger partial charge on any atom is -0.350 e. The van der Waals surface area contributed by atoms with E-state index in [1.165, 1.54) is 11.1 Å². The Labute approximate surface area is 184 Å². The quantitative estimate of drug-likeness (QED) is 0.455. The van der Waals surface area contributed by atoms with Crippen molar-refractivity contribution < 1.29 is 4.79 Å². The lowest BCUT2D eigenvalue weighted by Gasteiger charge is -2.13. The predicted molar refractivity (Wildman–Crippen MR) is 115 cm³/mol. The van der Waals surface area contributed by atoms with Gasteiger partial charge in [-0.25, -0.2) is 9.67 Å². The topological polar surface area (TPSA) is 103 Å². The van der Waals surface area contributed by atoms with Crippen LogP contribution in [0.2, 0.25) is 5.02 Å². The Morgan fingerprint density at radius 1 is 1.10 bits per heavy atom. The Balaban J connectivity index is 1.36. The Hall–Kier alpha value is -3.59. The Morgan fingerprint density at radius 2 is 1.84 bits per heavy atom. The van der Waals surface area contributed by atoms with Gasteiger partial charge < -0.3 is 5.32 Å². The van der Waals surface area contributed by atoms with E-state index in [9.17, 15) is 4.79 Å². The van der Waals surface area contributed by atoms with Gasteiger partial charge in [0.25, 0.3) is 0 Å². The molecule has 0 saturated heterocycles. The third-order valence-corrected chi connectivity index (χ3v) is 5.05. The van der Waals surface area contributed by atoms with E-state index in [4.69, 9.17) is 11.6 Å². The SMILES string of the molecule is CCC(C(=O)NCc1ccc(Cn2cncn2)cc1)n1nnc(-c2ccc(Cl)cc2)n1. The van der Waals surface area contributed by atoms with Gasteiger partial charge >= 0.3 is 0 Å². The fourth-order valence-corrected chi connectivity index (χ4v) is 3.22. The number of tetrazole rings is 1. The van der Waals surface area contributed by atoms with E-state index in [-0.39, 0.29) is 5.91 Å². The molecule has 0 aliphatic heterocycles. The second-order valence-corrected chi connectivity index (χ2v) is 7.43. The number of hydrogen-bond donors (Lipinski definition) is 1. The molecule has 0 saturated carbocycles. The average Bonchev–Trinajstić information content (AvgIpc) is 3.47. The molecule has 4 rings (SSSR count). The molecule has 4 aromatic rings. The zero-order valence-corrected chi connectivity index (χ0v) is 17.6. The monoisotopic (exact) mass is 436 g/mol. The molecule has 0 fully saturated rings. The number of nitrogens with zero attached hydrogens (tertiary/aromatic N) is 7. The highest BCUT2D eigenvalue weighted by atomic mass is 35.5. The van der Waals surface area contributed by atoms with Crippen molar-refractivity contribution in [2.24, 2.45) is 0 Å². The van der Waals surface area contributed by atoms with Gasteiger partial charge in [-0.3, -0.25) is 4.79 Å². The molecule has 2 heterocycles. The third kappa shape index (κ3) is 5.13. The number of carbonyl (C=O) groups excluding carboxylic acids is 1. The minimum atomic E-state index is -0.542. The van der Waals surface area contributed by atoms with Gasteiger partial charge in [0, 0.05) is 17.1 Å². The summed E-state index contributed by atoms with van der Waals surface area (Å²) in [6.45, 7) is 2.98. The van der Waals surface area contributed by atoms with Crippen LogP contribution in [-0.4, -0.2) is 40.9 Å². The van der Waals surface area contributed by atoms with Crippen LogP contribution in [0.25, 0.3) is 11.4 Å². The lowest BCUT2D eigenvalue weighted by molar-refractivity contribution is -0.125. The summed E-state index contributed by atoms with van der Waals surface area (Å²) in [5.74, 6) is 0.292. The largest absolute Gasteiger partial charge is 0.350 e. The molecule has 1 N–H and O–H groups in total. The van der Waals surface area contributed by atoms with Crippen LogP contribution in [0, 0.1) is 0 Å². The molecule has 0 radical (unpaired) electrons. The van der Waals surface area contributed by atoms with Crippen molar-refractivity contribution in [1.82, 2.24) is 40.3 Å². The maximum atomic E-state index is 12.7. The summed E-state index contributed by atoms with van der Waals surface area (Å²) in [5.41, 5.74) is 2.89. The molecule has 1 unspecified atom stereocenters. The first-order valence-electron chi connectivity index (χ1n) is 9.85. The van der Waals surface area contributed by atoms with Gasteiger partial charge in [-0.1, -0.05) is 42.8 Å². The van der Waals surface area contributed by atoms with Gasteiger partial charge in [0.05, 0.1) is 6.54 Å². The molecule has 0 spiro atoms. The van der Waals surface area contributed by atoms with Crippen LogP contribution < -0.4 is 5.32 Å². The molecule has 0 bridgehead atoms. The summed E-state index contributed by atoms with van der Waals surface area (Å²) in [6, 6.07) is 14.6. The molecule has 9 nitrogen and oxygen atoms in total. The molecule has 158 valence electrons. The van der Waals surface area contributed by atoms with Crippen molar-refractivity contribution in [2.45, 2.75) is 32.5 Å². The molecule has 31 heavy (non-hydrogen) atoms. The minimum absolute atomic E-state index is 0.158. The fourth-order valence-electron chi connectivity index (χ4n) is 3.10. The van der Waals surface area contributed by atoms with E-state index in [0.29, 0.717) is 30.4 Å². The Bertz CT molecular complexity index is 1120. The number of aromatic nitrogens is 7.